The number of aromatic nitrogens is 2. The van der Waals surface area contributed by atoms with Gasteiger partial charge in [0.2, 0.25) is 65.0 Å². The number of carboxylic acid groups (broad SMARTS) is 1. The Morgan fingerprint density at radius 2 is 1.16 bits per heavy atom. The number of hydrogen-bond acceptors (Lipinski definition) is 19. The smallest absolute Gasteiger partial charge is 0.327 e. The van der Waals surface area contributed by atoms with Gasteiger partial charge in [-0.25, -0.2) is 4.79 Å². The number of aliphatic hydroxyl groups excluding tert-OH is 2. The third-order valence-corrected chi connectivity index (χ3v) is 17.8. The van der Waals surface area contributed by atoms with Gasteiger partial charge in [-0.15, -0.1) is 0 Å². The average molecular weight is 1390 g/mol. The number of nitrogens with zero attached hydrogens (tertiary/aromatic N) is 2. The Hall–Kier alpha value is -8.64. The molecule has 2 aromatic heterocycles. The number of thiol groups is 2. The Labute approximate surface area is 568 Å². The number of para-hydroxylation sites is 2. The van der Waals surface area contributed by atoms with Crippen molar-refractivity contribution in [1.29, 1.82) is 5.41 Å². The van der Waals surface area contributed by atoms with Crippen LogP contribution in [0, 0.1) is 5.41 Å². The zero-order chi connectivity index (χ0) is 70.3. The molecule has 2 aliphatic rings. The summed E-state index contributed by atoms with van der Waals surface area (Å²) in [5.74, 6) is -10.7. The molecule has 35 heteroatoms. The SMILES string of the molecule is CSCC[C@H](NC(=O)[C@@H](NC(=O)[C@@H]1CCCN1C(=O)CNC(=O)[C@H](Cc1c[nH]c2ccccc12)NC(=O)[C@H](CCCNC(=N)N)NC(=O)[C@H](C)NC(=O)[C@H](CO)NC(=O)[C@@H](N)CS)[C@@H](C)O)C(=O)N1CCC[C@H]1C(=O)N[C@@H](Cc1c[nH]c2ccccc12)C(=O)N[C@@H](CS)C(=O)O. The summed E-state index contributed by atoms with van der Waals surface area (Å²) < 4.78 is 0. The number of rotatable bonds is 36. The van der Waals surface area contributed by atoms with Crippen molar-refractivity contribution in [3.63, 3.8) is 0 Å². The maximum Gasteiger partial charge on any atom is 0.327 e. The molecule has 2 saturated heterocycles. The number of amides is 11. The summed E-state index contributed by atoms with van der Waals surface area (Å²) in [6, 6.07) is -0.382. The molecular formula is C61H87N17O15S3. The molecule has 2 aliphatic heterocycles. The molecule has 96 heavy (non-hydrogen) atoms. The molecule has 524 valence electrons. The first-order chi connectivity index (χ1) is 45.8. The number of aromatic amines is 2. The molecule has 2 aromatic carbocycles. The first-order valence-corrected chi connectivity index (χ1v) is 33.9. The molecule has 11 amide bonds. The van der Waals surface area contributed by atoms with Crippen molar-refractivity contribution in [1.82, 2.24) is 72.9 Å². The van der Waals surface area contributed by atoms with Crippen LogP contribution in [0.3, 0.4) is 0 Å². The Kier molecular flexibility index (Phi) is 29.5. The highest BCUT2D eigenvalue weighted by atomic mass is 32.2. The summed E-state index contributed by atoms with van der Waals surface area (Å²) >= 11 is 9.39. The van der Waals surface area contributed by atoms with Crippen molar-refractivity contribution in [2.75, 3.05) is 56.3 Å². The number of thioether (sulfide) groups is 1. The van der Waals surface area contributed by atoms with Crippen LogP contribution in [0.1, 0.15) is 69.9 Å². The monoisotopic (exact) mass is 1390 g/mol. The van der Waals surface area contributed by atoms with Gasteiger partial charge in [0.25, 0.3) is 0 Å². The normalized spacial score (nSPS) is 17.6. The molecule has 20 N–H and O–H groups in total. The summed E-state index contributed by atoms with van der Waals surface area (Å²) in [5, 5.41) is 65.1. The summed E-state index contributed by atoms with van der Waals surface area (Å²) in [6.07, 6.45) is 4.37. The van der Waals surface area contributed by atoms with Crippen LogP contribution in [-0.4, -0.2) is 241 Å². The summed E-state index contributed by atoms with van der Waals surface area (Å²) in [6.45, 7) is 1.18. The zero-order valence-corrected chi connectivity index (χ0v) is 55.9. The number of hydrogen-bond donors (Lipinski definition) is 20. The van der Waals surface area contributed by atoms with E-state index >= 15 is 0 Å². The number of benzene rings is 2. The standard InChI is InChI=1S/C61H87N17O15S3/c1-31(69-55(87)44(28-79)74-51(83)37(62)29-94)50(82)70-40(15-8-19-65-61(63)64)53(85)72-42(23-33-25-66-38-13-6-4-11-35(33)38)52(84)68-27-48(81)77-20-9-16-46(77)57(89)76-49(32(2)80)58(90)71-41(18-22-96-3)59(91)78-21-10-17-47(78)56(88)73-43(54(86)75-45(30-95)60(92)93)24-34-26-67-39-14-7-5-12-36(34)39/h4-7,11-14,25-26,31-32,37,40-47,49,66-67,79-80,94-95H,8-10,15-24,27-30,62H2,1-3H3,(H,68,84)(H,69,87)(H,70,82)(H,71,90)(H,72,85)(H,73,88)(H,74,83)(H,75,86)(H,76,89)(H,92,93)(H4,63,64,65)/t31-,32+,37-,40-,41-,42-,43-,44-,45-,46-,47-,49-/m0/s1. The second-order valence-electron chi connectivity index (χ2n) is 23.4. The lowest BCUT2D eigenvalue weighted by molar-refractivity contribution is -0.144. The minimum absolute atomic E-state index is 0.0366. The van der Waals surface area contributed by atoms with Crippen molar-refractivity contribution in [3.05, 3.63) is 72.1 Å². The molecule has 2 fully saturated rings. The topological polar surface area (TPSA) is 500 Å². The number of aliphatic hydroxyl groups is 2. The summed E-state index contributed by atoms with van der Waals surface area (Å²) in [7, 11) is 0. The van der Waals surface area contributed by atoms with E-state index in [9.17, 15) is 72.9 Å². The lowest BCUT2D eigenvalue weighted by Gasteiger charge is -2.31. The van der Waals surface area contributed by atoms with Crippen LogP contribution in [0.4, 0.5) is 0 Å². The first-order valence-electron chi connectivity index (χ1n) is 31.3. The fourth-order valence-corrected chi connectivity index (χ4v) is 12.0. The fourth-order valence-electron chi connectivity index (χ4n) is 11.1. The number of fused-ring (bicyclic) bond motifs is 2. The van der Waals surface area contributed by atoms with Crippen LogP contribution in [0.2, 0.25) is 0 Å². The predicted molar refractivity (Wildman–Crippen MR) is 362 cm³/mol. The second kappa shape index (κ2) is 37.0. The summed E-state index contributed by atoms with van der Waals surface area (Å²) in [5.41, 5.74) is 13.8. The Morgan fingerprint density at radius 1 is 0.635 bits per heavy atom. The molecule has 0 aliphatic carbocycles. The van der Waals surface area contributed by atoms with Crippen LogP contribution in [0.5, 0.6) is 0 Å². The molecule has 0 unspecified atom stereocenters. The third-order valence-electron chi connectivity index (χ3n) is 16.4. The number of carbonyl (C=O) groups excluding carboxylic acids is 11. The van der Waals surface area contributed by atoms with Crippen LogP contribution in [-0.2, 0) is 70.4 Å². The molecule has 32 nitrogen and oxygen atoms in total. The molecule has 4 aromatic rings. The number of carbonyl (C=O) groups is 12. The van der Waals surface area contributed by atoms with E-state index in [-0.39, 0.29) is 82.0 Å². The molecular weight excluding hydrogens is 1310 g/mol. The van der Waals surface area contributed by atoms with E-state index in [4.69, 9.17) is 16.9 Å². The Balaban J connectivity index is 1.13. The number of carboxylic acids is 1. The lowest BCUT2D eigenvalue weighted by Crippen LogP contribution is -2.61. The maximum absolute atomic E-state index is 14.6. The average Bonchev–Trinajstić information content (AvgIpc) is 1.65. The molecule has 12 atom stereocenters. The quantitative estimate of drug-likeness (QED) is 0.00895. The van der Waals surface area contributed by atoms with Gasteiger partial charge in [-0.2, -0.15) is 37.0 Å². The fraction of sp³-hybridized carbons (Fsp3) is 0.525. The number of aliphatic carboxylic acids is 1. The van der Waals surface area contributed by atoms with E-state index in [1.165, 1.54) is 35.4 Å². The van der Waals surface area contributed by atoms with E-state index in [0.717, 1.165) is 10.9 Å². The van der Waals surface area contributed by atoms with Crippen molar-refractivity contribution in [3.8, 4) is 0 Å². The minimum atomic E-state index is -1.68. The number of nitrogens with two attached hydrogens (primary N) is 2. The van der Waals surface area contributed by atoms with Gasteiger partial charge in [0.05, 0.1) is 25.3 Å². The van der Waals surface area contributed by atoms with Gasteiger partial charge in [0.1, 0.15) is 60.4 Å². The van der Waals surface area contributed by atoms with E-state index in [2.05, 4.69) is 88.4 Å². The number of H-pyrrole nitrogens is 2. The lowest BCUT2D eigenvalue weighted by atomic mass is 10.0. The molecule has 4 heterocycles. The highest BCUT2D eigenvalue weighted by molar-refractivity contribution is 7.98. The highest BCUT2D eigenvalue weighted by Crippen LogP contribution is 2.24. The summed E-state index contributed by atoms with van der Waals surface area (Å²) in [4.78, 5) is 174. The molecule has 0 bridgehead atoms. The van der Waals surface area contributed by atoms with Gasteiger partial charge in [0, 0.05) is 78.2 Å². The Bertz CT molecular complexity index is 3450. The predicted octanol–water partition coefficient (Wildman–Crippen LogP) is -3.91. The van der Waals surface area contributed by atoms with Crippen LogP contribution < -0.4 is 64.6 Å². The van der Waals surface area contributed by atoms with Gasteiger partial charge in [-0.1, -0.05) is 36.4 Å². The van der Waals surface area contributed by atoms with Crippen LogP contribution in [0.15, 0.2) is 60.9 Å². The van der Waals surface area contributed by atoms with Crippen LogP contribution in [0.25, 0.3) is 21.8 Å². The van der Waals surface area contributed by atoms with Gasteiger partial charge < -0.3 is 99.7 Å². The van der Waals surface area contributed by atoms with Crippen molar-refractivity contribution < 1.29 is 72.9 Å². The van der Waals surface area contributed by atoms with E-state index in [0.29, 0.717) is 40.6 Å². The van der Waals surface area contributed by atoms with Crippen LogP contribution >= 0.6 is 37.0 Å². The van der Waals surface area contributed by atoms with Crippen molar-refractivity contribution >= 4 is 136 Å². The van der Waals surface area contributed by atoms with Gasteiger partial charge in [-0.3, -0.25) is 58.1 Å². The van der Waals surface area contributed by atoms with E-state index in [1.54, 1.807) is 49.0 Å². The molecule has 0 radical (unpaired) electrons. The number of guanidine groups is 1. The molecule has 0 spiro atoms. The molecule has 0 saturated carbocycles. The minimum Gasteiger partial charge on any atom is -0.480 e. The highest BCUT2D eigenvalue weighted by Gasteiger charge is 2.42. The number of likely N-dealkylation sites (tertiary alicyclic amines) is 2. The molecule has 6 rings (SSSR count). The largest absolute Gasteiger partial charge is 0.480 e. The van der Waals surface area contributed by atoms with Crippen molar-refractivity contribution in [2.24, 2.45) is 11.5 Å². The second-order valence-corrected chi connectivity index (χ2v) is 25.1. The van der Waals surface area contributed by atoms with E-state index < -0.39 is 157 Å². The van der Waals surface area contributed by atoms with Crippen molar-refractivity contribution in [2.45, 2.75) is 144 Å². The number of nitrogens with one attached hydrogen (secondary N) is 13. The van der Waals surface area contributed by atoms with E-state index in [1.807, 2.05) is 18.2 Å². The first kappa shape index (κ1) is 76.4. The maximum atomic E-state index is 14.6. The Morgan fingerprint density at radius 3 is 1.72 bits per heavy atom. The third kappa shape index (κ3) is 21.2. The van der Waals surface area contributed by atoms with Gasteiger partial charge >= 0.3 is 5.97 Å². The zero-order valence-electron chi connectivity index (χ0n) is 53.3. The van der Waals surface area contributed by atoms with Gasteiger partial charge in [0.15, 0.2) is 5.96 Å². The van der Waals surface area contributed by atoms with Gasteiger partial charge in [-0.05, 0) is 94.1 Å².